The lowest BCUT2D eigenvalue weighted by molar-refractivity contribution is -0.137. The number of aromatic nitrogens is 4. The normalized spacial score (nSPS) is 11.8. The molecule has 142 valence electrons. The summed E-state index contributed by atoms with van der Waals surface area (Å²) in [6.07, 6.45) is -4.43. The Morgan fingerprint density at radius 2 is 1.85 bits per heavy atom. The number of hydrogen-bond acceptors (Lipinski definition) is 5. The molecular formula is C17H16F3N5O2. The highest BCUT2D eigenvalue weighted by molar-refractivity contribution is 6.02. The number of anilines is 1. The standard InChI is InChI=1S/C17H16F3N5O2/c1-9(2)25-13(8-10(3)24-25)14(26)21-16-23-22-15(27-16)11-4-6-12(7-5-11)17(18,19)20/h4-9H,1-3H3,(H,21,23,26). The molecule has 1 amide bonds. The third-order valence-electron chi connectivity index (χ3n) is 3.68. The van der Waals surface area contributed by atoms with Crippen LogP contribution in [-0.2, 0) is 6.18 Å². The van der Waals surface area contributed by atoms with Gasteiger partial charge in [-0.2, -0.15) is 18.3 Å². The zero-order valence-corrected chi connectivity index (χ0v) is 14.7. The Morgan fingerprint density at radius 3 is 2.44 bits per heavy atom. The number of rotatable bonds is 4. The van der Waals surface area contributed by atoms with Crippen LogP contribution in [0.2, 0.25) is 0 Å². The minimum Gasteiger partial charge on any atom is -0.403 e. The smallest absolute Gasteiger partial charge is 0.403 e. The van der Waals surface area contributed by atoms with Crippen LogP contribution < -0.4 is 5.32 Å². The maximum atomic E-state index is 12.6. The van der Waals surface area contributed by atoms with E-state index >= 15 is 0 Å². The van der Waals surface area contributed by atoms with Gasteiger partial charge in [-0.3, -0.25) is 14.8 Å². The molecule has 0 radical (unpaired) electrons. The second-order valence-corrected chi connectivity index (χ2v) is 6.15. The first-order valence-corrected chi connectivity index (χ1v) is 8.04. The van der Waals surface area contributed by atoms with Gasteiger partial charge in [0.1, 0.15) is 5.69 Å². The molecule has 0 aliphatic carbocycles. The highest BCUT2D eigenvalue weighted by atomic mass is 19.4. The van der Waals surface area contributed by atoms with Gasteiger partial charge < -0.3 is 4.42 Å². The minimum absolute atomic E-state index is 0.00688. The van der Waals surface area contributed by atoms with Gasteiger partial charge in [0.25, 0.3) is 5.91 Å². The molecule has 0 saturated carbocycles. The highest BCUT2D eigenvalue weighted by Gasteiger charge is 2.30. The molecule has 0 spiro atoms. The van der Waals surface area contributed by atoms with E-state index in [9.17, 15) is 18.0 Å². The SMILES string of the molecule is Cc1cc(C(=O)Nc2nnc(-c3ccc(C(F)(F)F)cc3)o2)n(C(C)C)n1. The Balaban J connectivity index is 1.77. The zero-order valence-electron chi connectivity index (χ0n) is 14.7. The van der Waals surface area contributed by atoms with Gasteiger partial charge in [0, 0.05) is 11.6 Å². The molecule has 1 aromatic carbocycles. The molecule has 1 N–H and O–H groups in total. The largest absolute Gasteiger partial charge is 0.416 e. The van der Waals surface area contributed by atoms with Gasteiger partial charge in [-0.05, 0) is 51.1 Å². The number of benzene rings is 1. The van der Waals surface area contributed by atoms with Crippen molar-refractivity contribution in [3.8, 4) is 11.5 Å². The van der Waals surface area contributed by atoms with Crippen molar-refractivity contribution in [3.63, 3.8) is 0 Å². The van der Waals surface area contributed by atoms with Crippen LogP contribution in [0.1, 0.15) is 41.6 Å². The summed E-state index contributed by atoms with van der Waals surface area (Å²) in [6.45, 7) is 5.54. The summed E-state index contributed by atoms with van der Waals surface area (Å²) in [5.74, 6) is -0.487. The van der Waals surface area contributed by atoms with Crippen molar-refractivity contribution in [3.05, 3.63) is 47.3 Å². The molecule has 3 aromatic rings. The average molecular weight is 379 g/mol. The number of amides is 1. The van der Waals surface area contributed by atoms with E-state index in [-0.39, 0.29) is 17.9 Å². The van der Waals surface area contributed by atoms with Gasteiger partial charge in [0.2, 0.25) is 5.89 Å². The minimum atomic E-state index is -4.43. The molecule has 0 bridgehead atoms. The first-order chi connectivity index (χ1) is 12.6. The number of nitrogens with one attached hydrogen (secondary N) is 1. The van der Waals surface area contributed by atoms with E-state index in [1.54, 1.807) is 17.7 Å². The first kappa shape index (κ1) is 18.6. The fourth-order valence-electron chi connectivity index (χ4n) is 2.43. The highest BCUT2D eigenvalue weighted by Crippen LogP contribution is 2.31. The van der Waals surface area contributed by atoms with Gasteiger partial charge >= 0.3 is 12.2 Å². The van der Waals surface area contributed by atoms with Crippen LogP contribution in [0.5, 0.6) is 0 Å². The van der Waals surface area contributed by atoms with Crippen molar-refractivity contribution in [1.29, 1.82) is 0 Å². The fraction of sp³-hybridized carbons (Fsp3) is 0.294. The molecule has 0 atom stereocenters. The predicted molar refractivity (Wildman–Crippen MR) is 90.0 cm³/mol. The lowest BCUT2D eigenvalue weighted by Crippen LogP contribution is -2.19. The summed E-state index contributed by atoms with van der Waals surface area (Å²) in [4.78, 5) is 12.4. The maximum Gasteiger partial charge on any atom is 0.416 e. The van der Waals surface area contributed by atoms with Crippen LogP contribution in [0.4, 0.5) is 19.2 Å². The summed E-state index contributed by atoms with van der Waals surface area (Å²) in [5, 5.41) is 14.2. The molecule has 2 heterocycles. The number of carbonyl (C=O) groups is 1. The monoisotopic (exact) mass is 379 g/mol. The van der Waals surface area contributed by atoms with Crippen molar-refractivity contribution in [2.75, 3.05) is 5.32 Å². The van der Waals surface area contributed by atoms with Crippen LogP contribution in [-0.4, -0.2) is 25.9 Å². The summed E-state index contributed by atoms with van der Waals surface area (Å²) < 4.78 is 44.7. The molecule has 0 aliphatic heterocycles. The van der Waals surface area contributed by atoms with Crippen molar-refractivity contribution >= 4 is 11.9 Å². The number of halogens is 3. The quantitative estimate of drug-likeness (QED) is 0.738. The molecule has 2 aromatic heterocycles. The molecule has 3 rings (SSSR count). The van der Waals surface area contributed by atoms with E-state index in [0.717, 1.165) is 12.1 Å². The van der Waals surface area contributed by atoms with E-state index < -0.39 is 17.6 Å². The first-order valence-electron chi connectivity index (χ1n) is 8.04. The summed E-state index contributed by atoms with van der Waals surface area (Å²) in [6, 6.07) is 5.72. The molecule has 0 fully saturated rings. The van der Waals surface area contributed by atoms with E-state index in [4.69, 9.17) is 4.42 Å². The average Bonchev–Trinajstić information content (AvgIpc) is 3.21. The Hall–Kier alpha value is -3.17. The van der Waals surface area contributed by atoms with Crippen LogP contribution in [0.25, 0.3) is 11.5 Å². The molecular weight excluding hydrogens is 363 g/mol. The van der Waals surface area contributed by atoms with Crippen LogP contribution in [0.3, 0.4) is 0 Å². The van der Waals surface area contributed by atoms with E-state index in [0.29, 0.717) is 17.0 Å². The van der Waals surface area contributed by atoms with Gasteiger partial charge in [0.05, 0.1) is 11.3 Å². The molecule has 0 aliphatic rings. The Morgan fingerprint density at radius 1 is 1.19 bits per heavy atom. The number of nitrogens with zero attached hydrogens (tertiary/aromatic N) is 4. The van der Waals surface area contributed by atoms with Crippen molar-refractivity contribution < 1.29 is 22.4 Å². The number of hydrogen-bond donors (Lipinski definition) is 1. The third kappa shape index (κ3) is 3.99. The van der Waals surface area contributed by atoms with Crippen molar-refractivity contribution in [2.24, 2.45) is 0 Å². The van der Waals surface area contributed by atoms with Crippen molar-refractivity contribution in [1.82, 2.24) is 20.0 Å². The topological polar surface area (TPSA) is 85.8 Å². The zero-order chi connectivity index (χ0) is 19.8. The van der Waals surface area contributed by atoms with Crippen LogP contribution in [0.15, 0.2) is 34.7 Å². The van der Waals surface area contributed by atoms with E-state index in [2.05, 4.69) is 20.6 Å². The Kier molecular flexibility index (Phi) is 4.73. The molecule has 7 nitrogen and oxygen atoms in total. The fourth-order valence-corrected chi connectivity index (χ4v) is 2.43. The van der Waals surface area contributed by atoms with Crippen molar-refractivity contribution in [2.45, 2.75) is 33.0 Å². The number of carbonyl (C=O) groups excluding carboxylic acids is 1. The maximum absolute atomic E-state index is 12.6. The lowest BCUT2D eigenvalue weighted by Gasteiger charge is -2.09. The summed E-state index contributed by atoms with van der Waals surface area (Å²) in [7, 11) is 0. The summed E-state index contributed by atoms with van der Waals surface area (Å²) in [5.41, 5.74) is 0.539. The van der Waals surface area contributed by atoms with Gasteiger partial charge in [-0.25, -0.2) is 0 Å². The Labute approximate surface area is 152 Å². The number of alkyl halides is 3. The second-order valence-electron chi connectivity index (χ2n) is 6.15. The van der Waals surface area contributed by atoms with Crippen LogP contribution >= 0.6 is 0 Å². The van der Waals surface area contributed by atoms with Gasteiger partial charge in [-0.15, -0.1) is 5.10 Å². The molecule has 27 heavy (non-hydrogen) atoms. The molecule has 0 saturated heterocycles. The van der Waals surface area contributed by atoms with Gasteiger partial charge in [-0.1, -0.05) is 5.10 Å². The van der Waals surface area contributed by atoms with Crippen LogP contribution in [0, 0.1) is 6.92 Å². The van der Waals surface area contributed by atoms with E-state index in [1.165, 1.54) is 12.1 Å². The number of aryl methyl sites for hydroxylation is 1. The molecule has 10 heteroatoms. The second kappa shape index (κ2) is 6.86. The molecule has 0 unspecified atom stereocenters. The third-order valence-corrected chi connectivity index (χ3v) is 3.68. The predicted octanol–water partition coefficient (Wildman–Crippen LogP) is 4.09. The Bertz CT molecular complexity index is 958. The van der Waals surface area contributed by atoms with Gasteiger partial charge in [0.15, 0.2) is 0 Å². The summed E-state index contributed by atoms with van der Waals surface area (Å²) >= 11 is 0. The van der Waals surface area contributed by atoms with E-state index in [1.807, 2.05) is 13.8 Å². The lowest BCUT2D eigenvalue weighted by atomic mass is 10.1.